The third-order valence-corrected chi connectivity index (χ3v) is 3.93. The van der Waals surface area contributed by atoms with Crippen LogP contribution in [0.5, 0.6) is 0 Å². The van der Waals surface area contributed by atoms with Crippen molar-refractivity contribution in [3.63, 3.8) is 0 Å². The molecule has 0 fully saturated rings. The number of aromatic nitrogens is 4. The zero-order chi connectivity index (χ0) is 20.7. The minimum absolute atomic E-state index is 0.155. The van der Waals surface area contributed by atoms with Crippen molar-refractivity contribution in [1.29, 1.82) is 0 Å². The first kappa shape index (κ1) is 19.9. The highest BCUT2D eigenvalue weighted by Gasteiger charge is 2.56. The third-order valence-electron chi connectivity index (χ3n) is 3.93. The van der Waals surface area contributed by atoms with E-state index >= 15 is 0 Å². The fraction of sp³-hybridized carbons (Fsp3) is 0.400. The minimum atomic E-state index is -5.03. The fourth-order valence-corrected chi connectivity index (χ4v) is 2.49. The summed E-state index contributed by atoms with van der Waals surface area (Å²) < 4.78 is 84.1. The molecule has 3 heterocycles. The zero-order valence-corrected chi connectivity index (χ0v) is 14.1. The lowest BCUT2D eigenvalue weighted by molar-refractivity contribution is -0.274. The first-order valence-corrected chi connectivity index (χ1v) is 7.81. The van der Waals surface area contributed by atoms with Gasteiger partial charge in [-0.2, -0.15) is 30.9 Å². The van der Waals surface area contributed by atoms with E-state index in [0.29, 0.717) is 4.52 Å². The van der Waals surface area contributed by atoms with Gasteiger partial charge in [0.1, 0.15) is 17.3 Å². The lowest BCUT2D eigenvalue weighted by atomic mass is 9.96. The van der Waals surface area contributed by atoms with Gasteiger partial charge in [-0.1, -0.05) is 0 Å². The van der Waals surface area contributed by atoms with E-state index in [1.807, 2.05) is 0 Å². The molecule has 0 saturated carbocycles. The van der Waals surface area contributed by atoms with Crippen molar-refractivity contribution in [2.75, 3.05) is 11.9 Å². The van der Waals surface area contributed by atoms with Crippen molar-refractivity contribution < 1.29 is 35.9 Å². The molecule has 7 nitrogen and oxygen atoms in total. The molecular formula is C15H13F6N5O2. The summed E-state index contributed by atoms with van der Waals surface area (Å²) in [5.74, 6) is -2.02. The van der Waals surface area contributed by atoms with Crippen LogP contribution in [0.1, 0.15) is 23.8 Å². The van der Waals surface area contributed by atoms with Crippen LogP contribution in [0.25, 0.3) is 5.65 Å². The van der Waals surface area contributed by atoms with Gasteiger partial charge >= 0.3 is 12.4 Å². The van der Waals surface area contributed by atoms with Crippen LogP contribution >= 0.6 is 0 Å². The van der Waals surface area contributed by atoms with E-state index in [2.05, 4.69) is 20.6 Å². The second kappa shape index (κ2) is 6.65. The van der Waals surface area contributed by atoms with Gasteiger partial charge in [0.2, 0.25) is 5.60 Å². The largest absolute Gasteiger partial charge is 0.463 e. The summed E-state index contributed by atoms with van der Waals surface area (Å²) >= 11 is 0. The van der Waals surface area contributed by atoms with Crippen molar-refractivity contribution in [2.45, 2.75) is 31.3 Å². The Labute approximate surface area is 153 Å². The summed E-state index contributed by atoms with van der Waals surface area (Å²) in [6.45, 7) is 0.965. The molecular weight excluding hydrogens is 396 g/mol. The molecule has 28 heavy (non-hydrogen) atoms. The molecule has 0 spiro atoms. The second-order valence-electron chi connectivity index (χ2n) is 5.96. The Bertz CT molecular complexity index is 979. The molecule has 0 amide bonds. The molecule has 152 valence electrons. The first-order valence-electron chi connectivity index (χ1n) is 7.81. The van der Waals surface area contributed by atoms with Gasteiger partial charge in [-0.3, -0.25) is 0 Å². The molecule has 3 aromatic heterocycles. The van der Waals surface area contributed by atoms with E-state index in [1.54, 1.807) is 0 Å². The summed E-state index contributed by atoms with van der Waals surface area (Å²) in [6.07, 6.45) is -10.7. The van der Waals surface area contributed by atoms with Crippen LogP contribution in [0.4, 0.5) is 32.2 Å². The summed E-state index contributed by atoms with van der Waals surface area (Å²) in [5.41, 5.74) is -3.46. The molecule has 3 rings (SSSR count). The van der Waals surface area contributed by atoms with E-state index in [4.69, 9.17) is 4.42 Å². The van der Waals surface area contributed by atoms with Crippen LogP contribution in [-0.4, -0.2) is 37.6 Å². The number of anilines is 1. The molecule has 2 N–H and O–H groups in total. The fourth-order valence-electron chi connectivity index (χ4n) is 2.49. The number of fused-ring (bicyclic) bond motifs is 1. The molecule has 0 saturated heterocycles. The lowest BCUT2D eigenvalue weighted by Crippen LogP contribution is -2.43. The number of hydrogen-bond acceptors (Lipinski definition) is 6. The minimum Gasteiger partial charge on any atom is -0.463 e. The Hall–Kier alpha value is -2.83. The van der Waals surface area contributed by atoms with Gasteiger partial charge in [-0.25, -0.2) is 0 Å². The van der Waals surface area contributed by atoms with Crippen molar-refractivity contribution in [1.82, 2.24) is 19.8 Å². The van der Waals surface area contributed by atoms with E-state index < -0.39 is 42.5 Å². The molecule has 0 aliphatic rings. The molecule has 0 aliphatic carbocycles. The lowest BCUT2D eigenvalue weighted by Gasteiger charge is -2.28. The highest BCUT2D eigenvalue weighted by Crippen LogP contribution is 2.42. The molecule has 0 unspecified atom stereocenters. The Morgan fingerprint density at radius 1 is 1.07 bits per heavy atom. The number of hydrogen-bond donors (Lipinski definition) is 2. The average Bonchev–Trinajstić information content (AvgIpc) is 3.19. The van der Waals surface area contributed by atoms with Crippen LogP contribution in [0.3, 0.4) is 0 Å². The molecule has 0 aliphatic heterocycles. The van der Waals surface area contributed by atoms with Gasteiger partial charge in [0.15, 0.2) is 5.65 Å². The van der Waals surface area contributed by atoms with Gasteiger partial charge < -0.3 is 14.8 Å². The van der Waals surface area contributed by atoms with Crippen LogP contribution in [-0.2, 0) is 11.8 Å². The van der Waals surface area contributed by atoms with E-state index in [1.165, 1.54) is 25.1 Å². The van der Waals surface area contributed by atoms with Crippen molar-refractivity contribution in [3.05, 3.63) is 41.6 Å². The monoisotopic (exact) mass is 409 g/mol. The average molecular weight is 409 g/mol. The van der Waals surface area contributed by atoms with E-state index in [9.17, 15) is 31.4 Å². The van der Waals surface area contributed by atoms with Gasteiger partial charge in [0.05, 0.1) is 0 Å². The Kier molecular flexibility index (Phi) is 4.73. The number of aryl methyl sites for hydroxylation is 1. The zero-order valence-electron chi connectivity index (χ0n) is 14.1. The van der Waals surface area contributed by atoms with Crippen molar-refractivity contribution in [3.8, 4) is 0 Å². The van der Waals surface area contributed by atoms with Crippen LogP contribution in [0.2, 0.25) is 0 Å². The van der Waals surface area contributed by atoms with Crippen LogP contribution in [0, 0.1) is 6.92 Å². The number of rotatable bonds is 5. The predicted molar refractivity (Wildman–Crippen MR) is 82.3 cm³/mol. The molecule has 13 heteroatoms. The number of aliphatic hydroxyl groups is 1. The standard InChI is InChI=1S/C15H13F6N5O2/c1-8-2-3-9(28-8)13(27,15(19,20)21)6-7-22-10-4-5-11-23-24-12(14(16,17)18)26(11)25-10/h2-5,27H,6-7H2,1H3,(H,22,25)/t13-/m0/s1. The van der Waals surface area contributed by atoms with E-state index in [0.717, 1.165) is 6.07 Å². The molecule has 3 aromatic rings. The Morgan fingerprint density at radius 3 is 2.36 bits per heavy atom. The predicted octanol–water partition coefficient (Wildman–Crippen LogP) is 3.30. The number of nitrogens with one attached hydrogen (secondary N) is 1. The first-order chi connectivity index (χ1) is 12.9. The maximum absolute atomic E-state index is 13.4. The third kappa shape index (κ3) is 3.61. The van der Waals surface area contributed by atoms with Crippen LogP contribution < -0.4 is 5.32 Å². The smallest absolute Gasteiger partial charge is 0.453 e. The van der Waals surface area contributed by atoms with Gasteiger partial charge in [-0.15, -0.1) is 15.3 Å². The van der Waals surface area contributed by atoms with Crippen molar-refractivity contribution in [2.24, 2.45) is 0 Å². The van der Waals surface area contributed by atoms with Crippen LogP contribution in [0.15, 0.2) is 28.7 Å². The summed E-state index contributed by atoms with van der Waals surface area (Å²) in [6, 6.07) is 4.69. The SMILES string of the molecule is Cc1ccc([C@@](O)(CCNc2ccc3nnc(C(F)(F)F)n3n2)C(F)(F)F)o1. The molecule has 0 aromatic carbocycles. The van der Waals surface area contributed by atoms with Gasteiger partial charge in [-0.05, 0) is 31.2 Å². The second-order valence-corrected chi connectivity index (χ2v) is 5.96. The quantitative estimate of drug-likeness (QED) is 0.629. The molecule has 0 radical (unpaired) electrons. The van der Waals surface area contributed by atoms with Gasteiger partial charge in [0, 0.05) is 13.0 Å². The maximum atomic E-state index is 13.4. The molecule has 0 bridgehead atoms. The summed E-state index contributed by atoms with van der Waals surface area (Å²) in [4.78, 5) is 0. The highest BCUT2D eigenvalue weighted by molar-refractivity contribution is 5.44. The number of alkyl halides is 6. The molecule has 1 atom stereocenters. The summed E-state index contributed by atoms with van der Waals surface area (Å²) in [5, 5.41) is 22.6. The Morgan fingerprint density at radius 2 is 1.79 bits per heavy atom. The highest BCUT2D eigenvalue weighted by atomic mass is 19.4. The van der Waals surface area contributed by atoms with Gasteiger partial charge in [0.25, 0.3) is 5.82 Å². The number of halogens is 6. The Balaban J connectivity index is 1.79. The number of furan rings is 1. The topological polar surface area (TPSA) is 88.5 Å². The van der Waals surface area contributed by atoms with Crippen molar-refractivity contribution >= 4 is 11.5 Å². The van der Waals surface area contributed by atoms with E-state index in [-0.39, 0.29) is 17.2 Å². The summed E-state index contributed by atoms with van der Waals surface area (Å²) in [7, 11) is 0. The normalized spacial score (nSPS) is 15.0. The maximum Gasteiger partial charge on any atom is 0.453 e. The number of nitrogens with zero attached hydrogens (tertiary/aromatic N) is 4.